The van der Waals surface area contributed by atoms with E-state index in [0.717, 1.165) is 5.56 Å². The highest BCUT2D eigenvalue weighted by atomic mass is 16.6. The van der Waals surface area contributed by atoms with Gasteiger partial charge in [-0.15, -0.1) is 0 Å². The number of rotatable bonds is 1. The summed E-state index contributed by atoms with van der Waals surface area (Å²) in [5.41, 5.74) is 5.97. The third-order valence-corrected chi connectivity index (χ3v) is 2.95. The fraction of sp³-hybridized carbons (Fsp3) is 0.571. The molecule has 1 aromatic rings. The number of nitrogens with two attached hydrogens (primary N) is 1. The zero-order valence-electron chi connectivity index (χ0n) is 12.1. The molecule has 1 atom stereocenters. The molecule has 0 radical (unpaired) electrons. The predicted molar refractivity (Wildman–Crippen MR) is 75.1 cm³/mol. The lowest BCUT2D eigenvalue weighted by Crippen LogP contribution is -2.45. The molecule has 0 spiro atoms. The van der Waals surface area contributed by atoms with Gasteiger partial charge in [0, 0.05) is 12.7 Å². The number of morpholine rings is 1. The molecule has 0 saturated carbocycles. The number of hydrogen-bond donors (Lipinski definition) is 1. The largest absolute Gasteiger partial charge is 0.444 e. The second kappa shape index (κ2) is 5.66. The molecule has 6 nitrogen and oxygen atoms in total. The summed E-state index contributed by atoms with van der Waals surface area (Å²) in [5, 5.41) is 0. The zero-order chi connectivity index (χ0) is 14.8. The second-order valence-electron chi connectivity index (χ2n) is 5.78. The van der Waals surface area contributed by atoms with Gasteiger partial charge in [0.1, 0.15) is 11.4 Å². The summed E-state index contributed by atoms with van der Waals surface area (Å²) in [6.45, 7) is 7.01. The Bertz CT molecular complexity index is 468. The summed E-state index contributed by atoms with van der Waals surface area (Å²) >= 11 is 0. The van der Waals surface area contributed by atoms with Gasteiger partial charge in [-0.3, -0.25) is 4.90 Å². The van der Waals surface area contributed by atoms with Crippen LogP contribution < -0.4 is 5.73 Å². The lowest BCUT2D eigenvalue weighted by molar-refractivity contribution is -0.0331. The van der Waals surface area contributed by atoms with Crippen molar-refractivity contribution in [2.45, 2.75) is 32.4 Å². The van der Waals surface area contributed by atoms with Crippen LogP contribution in [0.4, 0.5) is 10.6 Å². The molecule has 1 amide bonds. The molecular formula is C14H21N3O3. The van der Waals surface area contributed by atoms with E-state index in [2.05, 4.69) is 4.98 Å². The Hall–Kier alpha value is -1.82. The van der Waals surface area contributed by atoms with Crippen molar-refractivity contribution < 1.29 is 14.3 Å². The lowest BCUT2D eigenvalue weighted by atomic mass is 10.1. The van der Waals surface area contributed by atoms with E-state index >= 15 is 0 Å². The van der Waals surface area contributed by atoms with Gasteiger partial charge in [0.15, 0.2) is 0 Å². The molecule has 1 aromatic heterocycles. The van der Waals surface area contributed by atoms with Crippen molar-refractivity contribution >= 4 is 11.9 Å². The van der Waals surface area contributed by atoms with E-state index in [9.17, 15) is 4.79 Å². The van der Waals surface area contributed by atoms with Crippen LogP contribution >= 0.6 is 0 Å². The molecule has 2 rings (SSSR count). The van der Waals surface area contributed by atoms with Gasteiger partial charge in [-0.25, -0.2) is 9.78 Å². The van der Waals surface area contributed by atoms with Crippen LogP contribution in [0.5, 0.6) is 0 Å². The van der Waals surface area contributed by atoms with E-state index in [0.29, 0.717) is 25.6 Å². The van der Waals surface area contributed by atoms with Crippen molar-refractivity contribution in [3.05, 3.63) is 23.9 Å². The molecule has 1 aliphatic heterocycles. The molecular weight excluding hydrogens is 258 g/mol. The Morgan fingerprint density at radius 3 is 2.85 bits per heavy atom. The van der Waals surface area contributed by atoms with Crippen LogP contribution in [0, 0.1) is 0 Å². The van der Waals surface area contributed by atoms with Gasteiger partial charge in [-0.2, -0.15) is 0 Å². The smallest absolute Gasteiger partial charge is 0.410 e. The number of carbonyl (C=O) groups is 1. The highest BCUT2D eigenvalue weighted by Crippen LogP contribution is 2.26. The maximum absolute atomic E-state index is 12.3. The number of hydrogen-bond acceptors (Lipinski definition) is 5. The maximum atomic E-state index is 12.3. The molecule has 1 fully saturated rings. The van der Waals surface area contributed by atoms with Crippen LogP contribution in [0.1, 0.15) is 32.4 Å². The van der Waals surface area contributed by atoms with Crippen LogP contribution in [0.25, 0.3) is 0 Å². The molecule has 2 heterocycles. The second-order valence-corrected chi connectivity index (χ2v) is 5.78. The fourth-order valence-corrected chi connectivity index (χ4v) is 2.03. The average Bonchev–Trinajstić information content (AvgIpc) is 2.38. The van der Waals surface area contributed by atoms with Crippen molar-refractivity contribution in [2.75, 3.05) is 25.5 Å². The number of carbonyl (C=O) groups excluding carboxylic acids is 1. The third kappa shape index (κ3) is 3.60. The van der Waals surface area contributed by atoms with Gasteiger partial charge in [0.2, 0.25) is 0 Å². The van der Waals surface area contributed by atoms with Crippen molar-refractivity contribution in [3.8, 4) is 0 Å². The Morgan fingerprint density at radius 1 is 1.50 bits per heavy atom. The van der Waals surface area contributed by atoms with Crippen LogP contribution in [0.3, 0.4) is 0 Å². The summed E-state index contributed by atoms with van der Waals surface area (Å²) < 4.78 is 10.9. The molecule has 1 aliphatic rings. The molecule has 2 N–H and O–H groups in total. The number of aromatic nitrogens is 1. The highest BCUT2D eigenvalue weighted by molar-refractivity contribution is 5.69. The number of ether oxygens (including phenoxy) is 2. The normalized spacial score (nSPS) is 19.8. The first-order valence-corrected chi connectivity index (χ1v) is 6.65. The Kier molecular flexibility index (Phi) is 4.13. The van der Waals surface area contributed by atoms with Gasteiger partial charge < -0.3 is 15.2 Å². The molecule has 1 saturated heterocycles. The van der Waals surface area contributed by atoms with E-state index in [1.807, 2.05) is 26.8 Å². The summed E-state index contributed by atoms with van der Waals surface area (Å²) in [4.78, 5) is 18.0. The number of pyridine rings is 1. The minimum atomic E-state index is -0.515. The fourth-order valence-electron chi connectivity index (χ4n) is 2.03. The highest BCUT2D eigenvalue weighted by Gasteiger charge is 2.32. The molecule has 110 valence electrons. The number of nitrogen functional groups attached to an aromatic ring is 1. The average molecular weight is 279 g/mol. The first kappa shape index (κ1) is 14.6. The van der Waals surface area contributed by atoms with Crippen LogP contribution in [0.15, 0.2) is 18.3 Å². The Labute approximate surface area is 118 Å². The standard InChI is InChI=1S/C14H21N3O3/c1-14(2,3)20-13(18)17-6-7-19-9-11(17)10-4-5-12(15)16-8-10/h4-5,8,11H,6-7,9H2,1-3H3,(H2,15,16). The van der Waals surface area contributed by atoms with E-state index in [1.54, 1.807) is 17.2 Å². The number of amides is 1. The quantitative estimate of drug-likeness (QED) is 0.850. The first-order chi connectivity index (χ1) is 9.37. The van der Waals surface area contributed by atoms with E-state index in [4.69, 9.17) is 15.2 Å². The van der Waals surface area contributed by atoms with E-state index in [1.165, 1.54) is 0 Å². The summed E-state index contributed by atoms with van der Waals surface area (Å²) in [5.74, 6) is 0.453. The third-order valence-electron chi connectivity index (χ3n) is 2.95. The van der Waals surface area contributed by atoms with Gasteiger partial charge in [0.25, 0.3) is 0 Å². The minimum absolute atomic E-state index is 0.188. The van der Waals surface area contributed by atoms with Crippen LogP contribution in [-0.4, -0.2) is 41.3 Å². The van der Waals surface area contributed by atoms with E-state index < -0.39 is 5.60 Å². The van der Waals surface area contributed by atoms with Crippen LogP contribution in [0.2, 0.25) is 0 Å². The van der Waals surface area contributed by atoms with Gasteiger partial charge in [0.05, 0.1) is 19.3 Å². The lowest BCUT2D eigenvalue weighted by Gasteiger charge is -2.36. The first-order valence-electron chi connectivity index (χ1n) is 6.65. The molecule has 6 heteroatoms. The summed E-state index contributed by atoms with van der Waals surface area (Å²) in [7, 11) is 0. The summed E-state index contributed by atoms with van der Waals surface area (Å²) in [6.07, 6.45) is 1.34. The van der Waals surface area contributed by atoms with Crippen LogP contribution in [-0.2, 0) is 9.47 Å². The monoisotopic (exact) mass is 279 g/mol. The Morgan fingerprint density at radius 2 is 2.25 bits per heavy atom. The van der Waals surface area contributed by atoms with Gasteiger partial charge in [-0.1, -0.05) is 6.07 Å². The number of anilines is 1. The summed E-state index contributed by atoms with van der Waals surface area (Å²) in [6, 6.07) is 3.39. The van der Waals surface area contributed by atoms with Crippen molar-refractivity contribution in [1.29, 1.82) is 0 Å². The molecule has 20 heavy (non-hydrogen) atoms. The molecule has 0 aliphatic carbocycles. The maximum Gasteiger partial charge on any atom is 0.410 e. The van der Waals surface area contributed by atoms with E-state index in [-0.39, 0.29) is 12.1 Å². The van der Waals surface area contributed by atoms with Gasteiger partial charge >= 0.3 is 6.09 Å². The predicted octanol–water partition coefficient (Wildman–Crippen LogP) is 1.97. The van der Waals surface area contributed by atoms with Gasteiger partial charge in [-0.05, 0) is 32.4 Å². The topological polar surface area (TPSA) is 77.7 Å². The number of nitrogens with zero attached hydrogens (tertiary/aromatic N) is 2. The van der Waals surface area contributed by atoms with Crippen molar-refractivity contribution in [1.82, 2.24) is 9.88 Å². The zero-order valence-corrected chi connectivity index (χ0v) is 12.1. The molecule has 1 unspecified atom stereocenters. The SMILES string of the molecule is CC(C)(C)OC(=O)N1CCOCC1c1ccc(N)nc1. The molecule has 0 aromatic carbocycles. The van der Waals surface area contributed by atoms with Crippen molar-refractivity contribution in [2.24, 2.45) is 0 Å². The minimum Gasteiger partial charge on any atom is -0.444 e. The molecule has 0 bridgehead atoms. The Balaban J connectivity index is 2.16. The van der Waals surface area contributed by atoms with Crippen molar-refractivity contribution in [3.63, 3.8) is 0 Å².